The number of benzene rings is 1. The summed E-state index contributed by atoms with van der Waals surface area (Å²) in [6.45, 7) is 2.79. The van der Waals surface area contributed by atoms with Crippen LogP contribution in [0.2, 0.25) is 0 Å². The summed E-state index contributed by atoms with van der Waals surface area (Å²) in [5.74, 6) is 0.886. The zero-order chi connectivity index (χ0) is 16.6. The van der Waals surface area contributed by atoms with Crippen LogP contribution in [0.25, 0.3) is 21.3 Å². The minimum absolute atomic E-state index is 0.634. The van der Waals surface area contributed by atoms with E-state index in [1.165, 1.54) is 11.1 Å². The Morgan fingerprint density at radius 3 is 2.79 bits per heavy atom. The summed E-state index contributed by atoms with van der Waals surface area (Å²) in [4.78, 5) is 9.83. The number of methoxy groups -OCH3 is 1. The van der Waals surface area contributed by atoms with Crippen molar-refractivity contribution in [2.45, 2.75) is 6.42 Å². The Kier molecular flexibility index (Phi) is 6.12. The number of hydrogen-bond acceptors (Lipinski definition) is 6. The largest absolute Gasteiger partial charge is 0.382 e. The quantitative estimate of drug-likeness (QED) is 0.599. The second-order valence-corrected chi connectivity index (χ2v) is 6.16. The van der Waals surface area contributed by atoms with Crippen LogP contribution in [0.15, 0.2) is 42.0 Å². The predicted octanol–water partition coefficient (Wildman–Crippen LogP) is 3.82. The number of rotatable bonds is 9. The van der Waals surface area contributed by atoms with Crippen LogP contribution in [0.4, 0.5) is 5.82 Å². The van der Waals surface area contributed by atoms with E-state index in [1.54, 1.807) is 24.8 Å². The van der Waals surface area contributed by atoms with Gasteiger partial charge in [0.2, 0.25) is 0 Å². The molecular formula is C18H21N3O2S. The fourth-order valence-electron chi connectivity index (χ4n) is 2.46. The highest BCUT2D eigenvalue weighted by Gasteiger charge is 2.12. The zero-order valence-corrected chi connectivity index (χ0v) is 14.5. The molecule has 3 aromatic rings. The number of nitrogens with zero attached hydrogens (tertiary/aromatic N) is 2. The van der Waals surface area contributed by atoms with E-state index < -0.39 is 0 Å². The molecule has 6 heteroatoms. The van der Waals surface area contributed by atoms with Crippen molar-refractivity contribution in [1.29, 1.82) is 0 Å². The van der Waals surface area contributed by atoms with E-state index in [1.807, 2.05) is 18.2 Å². The van der Waals surface area contributed by atoms with Gasteiger partial charge in [-0.2, -0.15) is 0 Å². The Labute approximate surface area is 145 Å². The lowest BCUT2D eigenvalue weighted by Crippen LogP contribution is -2.09. The number of hydrogen-bond donors (Lipinski definition) is 1. The van der Waals surface area contributed by atoms with Crippen molar-refractivity contribution in [3.63, 3.8) is 0 Å². The SMILES string of the molecule is COCCOCCCNc1ncnc2scc(-c3ccccc3)c12. The molecule has 1 aromatic carbocycles. The minimum Gasteiger partial charge on any atom is -0.382 e. The zero-order valence-electron chi connectivity index (χ0n) is 13.7. The van der Waals surface area contributed by atoms with Gasteiger partial charge in [-0.25, -0.2) is 9.97 Å². The van der Waals surface area contributed by atoms with Gasteiger partial charge in [-0.05, 0) is 12.0 Å². The first-order chi connectivity index (χ1) is 11.9. The first kappa shape index (κ1) is 16.8. The molecule has 0 atom stereocenters. The third-order valence-electron chi connectivity index (χ3n) is 3.64. The number of aromatic nitrogens is 2. The van der Waals surface area contributed by atoms with Gasteiger partial charge in [0.1, 0.15) is 17.0 Å². The van der Waals surface area contributed by atoms with Gasteiger partial charge in [0.25, 0.3) is 0 Å². The molecule has 0 aliphatic rings. The molecule has 3 rings (SSSR count). The highest BCUT2D eigenvalue weighted by atomic mass is 32.1. The summed E-state index contributed by atoms with van der Waals surface area (Å²) in [6.07, 6.45) is 2.53. The molecule has 0 unspecified atom stereocenters. The minimum atomic E-state index is 0.634. The molecule has 0 fully saturated rings. The van der Waals surface area contributed by atoms with Crippen molar-refractivity contribution in [2.24, 2.45) is 0 Å². The maximum absolute atomic E-state index is 5.48. The van der Waals surface area contributed by atoms with E-state index in [0.29, 0.717) is 19.8 Å². The maximum Gasteiger partial charge on any atom is 0.138 e. The smallest absolute Gasteiger partial charge is 0.138 e. The van der Waals surface area contributed by atoms with Crippen molar-refractivity contribution >= 4 is 27.4 Å². The molecule has 0 bridgehead atoms. The molecule has 0 aliphatic carbocycles. The fourth-order valence-corrected chi connectivity index (χ4v) is 3.38. The molecule has 0 amide bonds. The van der Waals surface area contributed by atoms with Gasteiger partial charge in [-0.1, -0.05) is 30.3 Å². The third kappa shape index (κ3) is 4.08. The van der Waals surface area contributed by atoms with Crippen LogP contribution >= 0.6 is 11.3 Å². The average Bonchev–Trinajstić information content (AvgIpc) is 3.07. The second-order valence-electron chi connectivity index (χ2n) is 5.30. The van der Waals surface area contributed by atoms with Crippen molar-refractivity contribution in [2.75, 3.05) is 38.8 Å². The summed E-state index contributed by atoms with van der Waals surface area (Å²) >= 11 is 1.65. The molecule has 2 aromatic heterocycles. The van der Waals surface area contributed by atoms with E-state index in [0.717, 1.165) is 29.0 Å². The molecule has 0 saturated carbocycles. The van der Waals surface area contributed by atoms with Crippen LogP contribution < -0.4 is 5.32 Å². The summed E-state index contributed by atoms with van der Waals surface area (Å²) in [5, 5.41) is 6.66. The summed E-state index contributed by atoms with van der Waals surface area (Å²) < 4.78 is 10.4. The van der Waals surface area contributed by atoms with Gasteiger partial charge >= 0.3 is 0 Å². The average molecular weight is 343 g/mol. The maximum atomic E-state index is 5.48. The lowest BCUT2D eigenvalue weighted by molar-refractivity contribution is 0.0705. The molecule has 1 N–H and O–H groups in total. The highest BCUT2D eigenvalue weighted by molar-refractivity contribution is 7.17. The molecule has 0 aliphatic heterocycles. The highest BCUT2D eigenvalue weighted by Crippen LogP contribution is 2.36. The number of anilines is 1. The van der Waals surface area contributed by atoms with Crippen molar-refractivity contribution in [1.82, 2.24) is 9.97 Å². The van der Waals surface area contributed by atoms with Crippen molar-refractivity contribution < 1.29 is 9.47 Å². The van der Waals surface area contributed by atoms with Crippen LogP contribution in [0.5, 0.6) is 0 Å². The Hall–Kier alpha value is -2.02. The third-order valence-corrected chi connectivity index (χ3v) is 4.53. The van der Waals surface area contributed by atoms with Crippen LogP contribution in [-0.2, 0) is 9.47 Å². The number of fused-ring (bicyclic) bond motifs is 1. The summed E-state index contributed by atoms with van der Waals surface area (Å²) in [5.41, 5.74) is 2.36. The lowest BCUT2D eigenvalue weighted by atomic mass is 10.1. The van der Waals surface area contributed by atoms with Gasteiger partial charge < -0.3 is 14.8 Å². The monoisotopic (exact) mass is 343 g/mol. The Bertz CT molecular complexity index is 761. The molecule has 24 heavy (non-hydrogen) atoms. The molecule has 126 valence electrons. The van der Waals surface area contributed by atoms with E-state index in [2.05, 4.69) is 32.8 Å². The molecule has 0 spiro atoms. The van der Waals surface area contributed by atoms with Crippen LogP contribution in [0.1, 0.15) is 6.42 Å². The fraction of sp³-hybridized carbons (Fsp3) is 0.333. The number of ether oxygens (including phenoxy) is 2. The topological polar surface area (TPSA) is 56.3 Å². The van der Waals surface area contributed by atoms with Crippen LogP contribution in [0.3, 0.4) is 0 Å². The van der Waals surface area contributed by atoms with Gasteiger partial charge in [-0.3, -0.25) is 0 Å². The summed E-state index contributed by atoms with van der Waals surface area (Å²) in [6, 6.07) is 10.3. The Balaban J connectivity index is 1.68. The van der Waals surface area contributed by atoms with Gasteiger partial charge in [-0.15, -0.1) is 11.3 Å². The van der Waals surface area contributed by atoms with Crippen molar-refractivity contribution in [3.05, 3.63) is 42.0 Å². The summed E-state index contributed by atoms with van der Waals surface area (Å²) in [7, 11) is 1.68. The van der Waals surface area contributed by atoms with E-state index in [4.69, 9.17) is 9.47 Å². The molecular weight excluding hydrogens is 322 g/mol. The van der Waals surface area contributed by atoms with Crippen LogP contribution in [0, 0.1) is 0 Å². The van der Waals surface area contributed by atoms with Crippen molar-refractivity contribution in [3.8, 4) is 11.1 Å². The normalized spacial score (nSPS) is 11.0. The second kappa shape index (κ2) is 8.73. The molecule has 2 heterocycles. The van der Waals surface area contributed by atoms with Crippen LogP contribution in [-0.4, -0.2) is 43.4 Å². The van der Waals surface area contributed by atoms with E-state index in [-0.39, 0.29) is 0 Å². The molecule has 5 nitrogen and oxygen atoms in total. The standard InChI is InChI=1S/C18H21N3O2S/c1-22-10-11-23-9-5-8-19-17-16-15(14-6-3-2-4-7-14)12-24-18(16)21-13-20-17/h2-4,6-7,12-13H,5,8-11H2,1H3,(H,19,20,21). The van der Waals surface area contributed by atoms with E-state index >= 15 is 0 Å². The molecule has 0 radical (unpaired) electrons. The number of thiophene rings is 1. The van der Waals surface area contributed by atoms with Gasteiger partial charge in [0.05, 0.1) is 18.6 Å². The first-order valence-corrected chi connectivity index (χ1v) is 8.86. The lowest BCUT2D eigenvalue weighted by Gasteiger charge is -2.09. The van der Waals surface area contributed by atoms with E-state index in [9.17, 15) is 0 Å². The Morgan fingerprint density at radius 2 is 1.96 bits per heavy atom. The first-order valence-electron chi connectivity index (χ1n) is 7.98. The van der Waals surface area contributed by atoms with Gasteiger partial charge in [0, 0.05) is 31.2 Å². The molecule has 0 saturated heterocycles. The number of nitrogens with one attached hydrogen (secondary N) is 1. The van der Waals surface area contributed by atoms with Gasteiger partial charge in [0.15, 0.2) is 0 Å². The Morgan fingerprint density at radius 1 is 1.08 bits per heavy atom. The predicted molar refractivity (Wildman–Crippen MR) is 98.7 cm³/mol.